The summed E-state index contributed by atoms with van der Waals surface area (Å²) >= 11 is 0. The molecule has 0 saturated heterocycles. The minimum atomic E-state index is -0.00162. The Morgan fingerprint density at radius 3 is 2.68 bits per heavy atom. The first-order valence-electron chi connectivity index (χ1n) is 6.92. The van der Waals surface area contributed by atoms with Crippen LogP contribution in [0.25, 0.3) is 0 Å². The summed E-state index contributed by atoms with van der Waals surface area (Å²) < 4.78 is 0. The fraction of sp³-hybridized carbons (Fsp3) is 0.533. The molecular formula is C15H21ClN2O. The molecule has 19 heavy (non-hydrogen) atoms. The fourth-order valence-electron chi connectivity index (χ4n) is 3.20. The maximum absolute atomic E-state index is 12.1. The van der Waals surface area contributed by atoms with Gasteiger partial charge in [-0.15, -0.1) is 12.4 Å². The molecule has 2 unspecified atom stereocenters. The lowest BCUT2D eigenvalue weighted by molar-refractivity contribution is -0.120. The van der Waals surface area contributed by atoms with E-state index in [1.54, 1.807) is 0 Å². The summed E-state index contributed by atoms with van der Waals surface area (Å²) in [6, 6.07) is 6.33. The van der Waals surface area contributed by atoms with Crippen molar-refractivity contribution in [3.8, 4) is 0 Å². The number of hydrogen-bond donors (Lipinski definition) is 2. The smallest absolute Gasteiger partial charge is 0.229 e. The molecule has 3 rings (SSSR count). The van der Waals surface area contributed by atoms with Crippen LogP contribution in [0.1, 0.15) is 36.8 Å². The highest BCUT2D eigenvalue weighted by Gasteiger charge is 2.30. The van der Waals surface area contributed by atoms with Crippen molar-refractivity contribution in [3.05, 3.63) is 29.3 Å². The molecule has 4 heteroatoms. The van der Waals surface area contributed by atoms with Gasteiger partial charge in [0.2, 0.25) is 5.91 Å². The minimum absolute atomic E-state index is 0. The zero-order valence-electron chi connectivity index (χ0n) is 11.0. The van der Waals surface area contributed by atoms with Crippen molar-refractivity contribution in [1.29, 1.82) is 0 Å². The van der Waals surface area contributed by atoms with Crippen LogP contribution in [0.2, 0.25) is 0 Å². The largest absolute Gasteiger partial charge is 0.327 e. The van der Waals surface area contributed by atoms with Gasteiger partial charge in [0.25, 0.3) is 0 Å². The molecule has 1 fully saturated rings. The Morgan fingerprint density at radius 1 is 1.16 bits per heavy atom. The average molecular weight is 281 g/mol. The zero-order chi connectivity index (χ0) is 12.5. The van der Waals surface area contributed by atoms with E-state index in [-0.39, 0.29) is 30.3 Å². The van der Waals surface area contributed by atoms with Crippen LogP contribution in [-0.2, 0) is 17.6 Å². The van der Waals surface area contributed by atoms with E-state index in [0.717, 1.165) is 31.4 Å². The highest BCUT2D eigenvalue weighted by Crippen LogP contribution is 2.27. The van der Waals surface area contributed by atoms with Crippen LogP contribution in [0.5, 0.6) is 0 Å². The number of carbonyl (C=O) groups is 1. The number of fused-ring (bicyclic) bond motifs is 1. The number of nitrogens with one attached hydrogen (secondary N) is 1. The summed E-state index contributed by atoms with van der Waals surface area (Å²) in [6.45, 7) is 0. The van der Waals surface area contributed by atoms with Gasteiger partial charge in [-0.25, -0.2) is 0 Å². The van der Waals surface area contributed by atoms with E-state index in [2.05, 4.69) is 17.4 Å². The maximum atomic E-state index is 12.1. The zero-order valence-corrected chi connectivity index (χ0v) is 11.8. The van der Waals surface area contributed by atoms with E-state index in [9.17, 15) is 4.79 Å². The fourth-order valence-corrected chi connectivity index (χ4v) is 3.20. The average Bonchev–Trinajstić information content (AvgIpc) is 2.96. The Bertz CT molecular complexity index is 475. The van der Waals surface area contributed by atoms with Crippen molar-refractivity contribution >= 4 is 24.0 Å². The highest BCUT2D eigenvalue weighted by atomic mass is 35.5. The van der Waals surface area contributed by atoms with Gasteiger partial charge < -0.3 is 11.1 Å². The Kier molecular flexibility index (Phi) is 4.48. The summed E-state index contributed by atoms with van der Waals surface area (Å²) in [5.41, 5.74) is 9.72. The quantitative estimate of drug-likeness (QED) is 0.875. The van der Waals surface area contributed by atoms with Crippen molar-refractivity contribution < 1.29 is 4.79 Å². The van der Waals surface area contributed by atoms with Crippen LogP contribution < -0.4 is 11.1 Å². The van der Waals surface area contributed by atoms with Gasteiger partial charge in [0, 0.05) is 11.7 Å². The van der Waals surface area contributed by atoms with Crippen LogP contribution in [-0.4, -0.2) is 11.9 Å². The summed E-state index contributed by atoms with van der Waals surface area (Å²) in [7, 11) is 0. The second-order valence-corrected chi connectivity index (χ2v) is 5.53. The lowest BCUT2D eigenvalue weighted by Crippen LogP contribution is -2.34. The predicted molar refractivity (Wildman–Crippen MR) is 79.7 cm³/mol. The molecule has 3 nitrogen and oxygen atoms in total. The number of hydrogen-bond acceptors (Lipinski definition) is 2. The molecule has 0 bridgehead atoms. The molecule has 2 atom stereocenters. The van der Waals surface area contributed by atoms with Gasteiger partial charge in [0.15, 0.2) is 0 Å². The molecular weight excluding hydrogens is 260 g/mol. The van der Waals surface area contributed by atoms with Gasteiger partial charge in [-0.3, -0.25) is 4.79 Å². The monoisotopic (exact) mass is 280 g/mol. The third-order valence-corrected chi connectivity index (χ3v) is 4.27. The Morgan fingerprint density at radius 2 is 1.95 bits per heavy atom. The molecule has 2 aliphatic carbocycles. The van der Waals surface area contributed by atoms with Crippen molar-refractivity contribution in [2.45, 2.75) is 44.6 Å². The molecule has 0 spiro atoms. The van der Waals surface area contributed by atoms with Crippen molar-refractivity contribution in [2.24, 2.45) is 11.7 Å². The van der Waals surface area contributed by atoms with E-state index >= 15 is 0 Å². The number of aryl methyl sites for hydroxylation is 2. The number of nitrogens with two attached hydrogens (primary N) is 1. The molecule has 0 heterocycles. The first-order chi connectivity index (χ1) is 8.74. The molecule has 0 radical (unpaired) electrons. The standard InChI is InChI=1S/C15H20N2O.ClH/c16-14-6-2-5-13(14)15(18)17-12-8-7-10-3-1-4-11(10)9-12;/h7-9,13-14H,1-6,16H2,(H,17,18);1H. The van der Waals surface area contributed by atoms with E-state index in [1.165, 1.54) is 24.0 Å². The van der Waals surface area contributed by atoms with Crippen molar-refractivity contribution in [3.63, 3.8) is 0 Å². The van der Waals surface area contributed by atoms with E-state index in [4.69, 9.17) is 5.73 Å². The number of halogens is 1. The predicted octanol–water partition coefficient (Wildman–Crippen LogP) is 2.66. The minimum Gasteiger partial charge on any atom is -0.327 e. The molecule has 104 valence electrons. The second kappa shape index (κ2) is 5.93. The summed E-state index contributed by atoms with van der Waals surface area (Å²) in [4.78, 5) is 12.1. The van der Waals surface area contributed by atoms with Gasteiger partial charge in [-0.05, 0) is 55.4 Å². The number of rotatable bonds is 2. The number of amides is 1. The summed E-state index contributed by atoms with van der Waals surface area (Å²) in [5, 5.41) is 3.03. The third kappa shape index (κ3) is 2.93. The molecule has 3 N–H and O–H groups in total. The summed E-state index contributed by atoms with van der Waals surface area (Å²) in [5.74, 6) is 0.0937. The second-order valence-electron chi connectivity index (χ2n) is 5.53. The molecule has 2 aliphatic rings. The van der Waals surface area contributed by atoms with Gasteiger partial charge in [-0.1, -0.05) is 12.5 Å². The molecule has 1 aromatic carbocycles. The van der Waals surface area contributed by atoms with Crippen molar-refractivity contribution in [2.75, 3.05) is 5.32 Å². The molecule has 1 aromatic rings. The first-order valence-corrected chi connectivity index (χ1v) is 6.92. The van der Waals surface area contributed by atoms with Gasteiger partial charge in [0.05, 0.1) is 5.92 Å². The first kappa shape index (κ1) is 14.4. The Labute approximate surface area is 120 Å². The van der Waals surface area contributed by atoms with E-state index < -0.39 is 0 Å². The topological polar surface area (TPSA) is 55.1 Å². The number of anilines is 1. The van der Waals surface area contributed by atoms with Gasteiger partial charge >= 0.3 is 0 Å². The number of benzene rings is 1. The molecule has 0 aromatic heterocycles. The Hall–Kier alpha value is -1.06. The van der Waals surface area contributed by atoms with Crippen LogP contribution >= 0.6 is 12.4 Å². The lowest BCUT2D eigenvalue weighted by atomic mass is 10.0. The van der Waals surface area contributed by atoms with E-state index in [0.29, 0.717) is 0 Å². The maximum Gasteiger partial charge on any atom is 0.229 e. The van der Waals surface area contributed by atoms with Crippen LogP contribution in [0.15, 0.2) is 18.2 Å². The summed E-state index contributed by atoms with van der Waals surface area (Å²) in [6.07, 6.45) is 6.53. The molecule has 1 amide bonds. The highest BCUT2D eigenvalue weighted by molar-refractivity contribution is 5.93. The number of carbonyl (C=O) groups excluding carboxylic acids is 1. The van der Waals surface area contributed by atoms with Crippen LogP contribution in [0, 0.1) is 5.92 Å². The Balaban J connectivity index is 0.00000133. The molecule has 0 aliphatic heterocycles. The molecule has 1 saturated carbocycles. The van der Waals surface area contributed by atoms with Crippen molar-refractivity contribution in [1.82, 2.24) is 0 Å². The van der Waals surface area contributed by atoms with Gasteiger partial charge in [0.1, 0.15) is 0 Å². The third-order valence-electron chi connectivity index (χ3n) is 4.27. The van der Waals surface area contributed by atoms with Crippen LogP contribution in [0.4, 0.5) is 5.69 Å². The van der Waals surface area contributed by atoms with Crippen LogP contribution in [0.3, 0.4) is 0 Å². The normalized spacial score (nSPS) is 24.7. The van der Waals surface area contributed by atoms with Gasteiger partial charge in [-0.2, -0.15) is 0 Å². The van der Waals surface area contributed by atoms with E-state index in [1.807, 2.05) is 6.07 Å². The SMILES string of the molecule is Cl.NC1CCCC1C(=O)Nc1ccc2c(c1)CCC2. The lowest BCUT2D eigenvalue weighted by Gasteiger charge is -2.15.